The number of hydrogen-bond acceptors (Lipinski definition) is 0. The van der Waals surface area contributed by atoms with Crippen LogP contribution in [0.5, 0.6) is 0 Å². The quantitative estimate of drug-likeness (QED) is 0.485. The van der Waals surface area contributed by atoms with E-state index in [1.54, 1.807) is 0 Å². The third kappa shape index (κ3) is 4.38. The van der Waals surface area contributed by atoms with Crippen molar-refractivity contribution in [1.29, 1.82) is 0 Å². The summed E-state index contributed by atoms with van der Waals surface area (Å²) in [5.41, 5.74) is 4.56. The van der Waals surface area contributed by atoms with Crippen molar-refractivity contribution in [2.45, 2.75) is 63.7 Å². The van der Waals surface area contributed by atoms with Crippen molar-refractivity contribution in [3.8, 4) is 0 Å². The van der Waals surface area contributed by atoms with Crippen LogP contribution in [-0.2, 0) is 11.8 Å². The molecule has 0 amide bonds. The van der Waals surface area contributed by atoms with Crippen molar-refractivity contribution >= 4 is 11.6 Å². The topological polar surface area (TPSA) is 0 Å². The van der Waals surface area contributed by atoms with Gasteiger partial charge in [0.25, 0.3) is 0 Å². The average Bonchev–Trinajstić information content (AvgIpc) is 2.53. The lowest BCUT2D eigenvalue weighted by atomic mass is 9.86. The second kappa shape index (κ2) is 6.13. The zero-order valence-corrected chi connectivity index (χ0v) is 13.1. The molecule has 1 aromatic rings. The normalized spacial score (nSPS) is 20.8. The highest BCUT2D eigenvalue weighted by Crippen LogP contribution is 2.26. The summed E-state index contributed by atoms with van der Waals surface area (Å²) in [6, 6.07) is 9.08. The van der Waals surface area contributed by atoms with Crippen molar-refractivity contribution in [1.82, 2.24) is 0 Å². The first kappa shape index (κ1) is 14.7. The molecule has 1 aliphatic carbocycles. The predicted molar refractivity (Wildman–Crippen MR) is 85.0 cm³/mol. The number of rotatable bonds is 2. The van der Waals surface area contributed by atoms with Crippen LogP contribution in [0, 0.1) is 0 Å². The predicted octanol–water partition coefficient (Wildman–Crippen LogP) is 5.63. The molecular formula is C18H25Cl. The van der Waals surface area contributed by atoms with Gasteiger partial charge in [0.2, 0.25) is 0 Å². The number of alkyl halides is 1. The van der Waals surface area contributed by atoms with Gasteiger partial charge < -0.3 is 0 Å². The van der Waals surface area contributed by atoms with Gasteiger partial charge in [-0.05, 0) is 42.2 Å². The zero-order valence-electron chi connectivity index (χ0n) is 12.4. The molecule has 0 nitrogen and oxygen atoms in total. The molecule has 0 radical (unpaired) electrons. The van der Waals surface area contributed by atoms with Crippen molar-refractivity contribution in [3.63, 3.8) is 0 Å². The maximum absolute atomic E-state index is 6.29. The van der Waals surface area contributed by atoms with Gasteiger partial charge in [-0.25, -0.2) is 0 Å². The van der Waals surface area contributed by atoms with Crippen molar-refractivity contribution < 1.29 is 0 Å². The molecule has 0 spiro atoms. The molecule has 2 rings (SSSR count). The molecule has 0 saturated carbocycles. The maximum Gasteiger partial charge on any atom is 0.0518 e. The van der Waals surface area contributed by atoms with E-state index in [2.05, 4.69) is 51.1 Å². The molecule has 0 aromatic heterocycles. The molecule has 0 N–H and O–H groups in total. The largest absolute Gasteiger partial charge is 0.118 e. The van der Waals surface area contributed by atoms with E-state index in [0.29, 0.717) is 0 Å². The van der Waals surface area contributed by atoms with E-state index in [1.807, 2.05) is 0 Å². The monoisotopic (exact) mass is 276 g/mol. The Morgan fingerprint density at radius 3 is 2.42 bits per heavy atom. The van der Waals surface area contributed by atoms with Crippen molar-refractivity contribution in [2.75, 3.05) is 0 Å². The fourth-order valence-corrected chi connectivity index (χ4v) is 2.98. The summed E-state index contributed by atoms with van der Waals surface area (Å²) in [6.07, 6.45) is 8.24. The van der Waals surface area contributed by atoms with Gasteiger partial charge in [0.05, 0.1) is 5.38 Å². The molecule has 0 heterocycles. The van der Waals surface area contributed by atoms with Crippen LogP contribution < -0.4 is 0 Å². The SMILES string of the molecule is CC(C)(C)c1ccc(CC2=CC(Cl)CCCC2)cc1. The third-order valence-corrected chi connectivity index (χ3v) is 4.24. The summed E-state index contributed by atoms with van der Waals surface area (Å²) in [7, 11) is 0. The zero-order chi connectivity index (χ0) is 13.9. The van der Waals surface area contributed by atoms with Gasteiger partial charge in [-0.3, -0.25) is 0 Å². The standard InChI is InChI=1S/C18H25Cl/c1-18(2,3)16-10-8-14(9-11-16)12-15-6-4-5-7-17(19)13-15/h8-11,13,17H,4-7,12H2,1-3H3. The molecule has 0 aliphatic heterocycles. The van der Waals surface area contributed by atoms with E-state index < -0.39 is 0 Å². The van der Waals surface area contributed by atoms with Crippen LogP contribution in [-0.4, -0.2) is 5.38 Å². The Hall–Kier alpha value is -0.750. The Balaban J connectivity index is 2.07. The van der Waals surface area contributed by atoms with E-state index in [1.165, 1.54) is 36.0 Å². The van der Waals surface area contributed by atoms with Gasteiger partial charge in [0, 0.05) is 0 Å². The van der Waals surface area contributed by atoms with Crippen LogP contribution in [0.2, 0.25) is 0 Å². The first-order valence-corrected chi connectivity index (χ1v) is 7.82. The highest BCUT2D eigenvalue weighted by molar-refractivity contribution is 6.21. The average molecular weight is 277 g/mol. The molecule has 0 fully saturated rings. The fourth-order valence-electron chi connectivity index (χ4n) is 2.65. The highest BCUT2D eigenvalue weighted by atomic mass is 35.5. The van der Waals surface area contributed by atoms with Crippen LogP contribution in [0.3, 0.4) is 0 Å². The summed E-state index contributed by atoms with van der Waals surface area (Å²) in [6.45, 7) is 6.77. The molecule has 1 atom stereocenters. The van der Waals surface area contributed by atoms with Crippen LogP contribution in [0.25, 0.3) is 0 Å². The van der Waals surface area contributed by atoms with Crippen LogP contribution in [0.1, 0.15) is 57.6 Å². The highest BCUT2D eigenvalue weighted by Gasteiger charge is 2.14. The van der Waals surface area contributed by atoms with E-state index in [-0.39, 0.29) is 10.8 Å². The Bertz CT molecular complexity index is 434. The molecule has 1 heteroatoms. The van der Waals surface area contributed by atoms with Gasteiger partial charge in [0.15, 0.2) is 0 Å². The van der Waals surface area contributed by atoms with E-state index in [0.717, 1.165) is 12.8 Å². The summed E-state index contributed by atoms with van der Waals surface area (Å²) < 4.78 is 0. The second-order valence-corrected chi connectivity index (χ2v) is 7.27. The molecule has 1 unspecified atom stereocenters. The van der Waals surface area contributed by atoms with Gasteiger partial charge in [0.1, 0.15) is 0 Å². The molecule has 104 valence electrons. The lowest BCUT2D eigenvalue weighted by molar-refractivity contribution is 0.590. The summed E-state index contributed by atoms with van der Waals surface area (Å²) >= 11 is 6.29. The van der Waals surface area contributed by atoms with Gasteiger partial charge in [-0.2, -0.15) is 0 Å². The Morgan fingerprint density at radius 1 is 1.11 bits per heavy atom. The lowest BCUT2D eigenvalue weighted by Crippen LogP contribution is -2.10. The first-order valence-electron chi connectivity index (χ1n) is 7.38. The Labute approximate surface area is 122 Å². The van der Waals surface area contributed by atoms with Crippen LogP contribution >= 0.6 is 11.6 Å². The minimum absolute atomic E-state index is 0.237. The molecule has 0 saturated heterocycles. The molecule has 19 heavy (non-hydrogen) atoms. The molecule has 0 bridgehead atoms. The number of halogens is 1. The number of hydrogen-bond donors (Lipinski definition) is 0. The maximum atomic E-state index is 6.29. The summed E-state index contributed by atoms with van der Waals surface area (Å²) in [5, 5.41) is 0.242. The van der Waals surface area contributed by atoms with Crippen LogP contribution in [0.15, 0.2) is 35.9 Å². The summed E-state index contributed by atoms with van der Waals surface area (Å²) in [4.78, 5) is 0. The summed E-state index contributed by atoms with van der Waals surface area (Å²) in [5.74, 6) is 0. The smallest absolute Gasteiger partial charge is 0.0518 e. The molecular weight excluding hydrogens is 252 g/mol. The Kier molecular flexibility index (Phi) is 4.73. The fraction of sp³-hybridized carbons (Fsp3) is 0.556. The van der Waals surface area contributed by atoms with Crippen molar-refractivity contribution in [3.05, 3.63) is 47.0 Å². The lowest BCUT2D eigenvalue weighted by Gasteiger charge is -2.19. The third-order valence-electron chi connectivity index (χ3n) is 3.90. The number of allylic oxidation sites excluding steroid dienone is 2. The first-order chi connectivity index (χ1) is 8.95. The van der Waals surface area contributed by atoms with Crippen molar-refractivity contribution in [2.24, 2.45) is 0 Å². The molecule has 1 aliphatic rings. The van der Waals surface area contributed by atoms with Gasteiger partial charge >= 0.3 is 0 Å². The minimum Gasteiger partial charge on any atom is -0.118 e. The minimum atomic E-state index is 0.237. The number of benzene rings is 1. The van der Waals surface area contributed by atoms with E-state index in [9.17, 15) is 0 Å². The van der Waals surface area contributed by atoms with E-state index in [4.69, 9.17) is 11.6 Å². The second-order valence-electron chi connectivity index (χ2n) is 6.71. The Morgan fingerprint density at radius 2 is 1.79 bits per heavy atom. The van der Waals surface area contributed by atoms with E-state index >= 15 is 0 Å². The molecule has 1 aromatic carbocycles. The van der Waals surface area contributed by atoms with Crippen LogP contribution in [0.4, 0.5) is 0 Å². The van der Waals surface area contributed by atoms with Gasteiger partial charge in [-0.15, -0.1) is 11.6 Å². The van der Waals surface area contributed by atoms with Gasteiger partial charge in [-0.1, -0.05) is 63.1 Å².